The summed E-state index contributed by atoms with van der Waals surface area (Å²) in [6.45, 7) is 0.606. The second-order valence-corrected chi connectivity index (χ2v) is 4.14. The normalized spacial score (nSPS) is 10.2. The number of rotatable bonds is 5. The van der Waals surface area contributed by atoms with Gasteiger partial charge in [0.05, 0.1) is 6.61 Å². The molecule has 0 spiro atoms. The smallest absolute Gasteiger partial charge is 0.183 e. The van der Waals surface area contributed by atoms with Crippen LogP contribution >= 0.6 is 11.8 Å². The molecule has 0 aliphatic rings. The largest absolute Gasteiger partial charge is 0.493 e. The second-order valence-electron chi connectivity index (χ2n) is 3.06. The zero-order valence-electron chi connectivity index (χ0n) is 8.59. The molecule has 0 saturated carbocycles. The molecule has 0 aliphatic heterocycles. The third-order valence-electron chi connectivity index (χ3n) is 1.84. The van der Waals surface area contributed by atoms with E-state index >= 15 is 0 Å². The molecular formula is C10H12N4OS. The number of nitrogens with one attached hydrogen (secondary N) is 1. The van der Waals surface area contributed by atoms with E-state index in [4.69, 9.17) is 10.5 Å². The van der Waals surface area contributed by atoms with Gasteiger partial charge in [-0.2, -0.15) is 5.10 Å². The molecule has 0 amide bonds. The first-order chi connectivity index (χ1) is 7.84. The Hall–Kier alpha value is -1.69. The maximum absolute atomic E-state index is 5.63. The molecule has 6 heteroatoms. The molecule has 0 bridgehead atoms. The molecule has 0 aliphatic carbocycles. The standard InChI is InChI=1S/C10H12N4OS/c11-8-2-1-3-9(6-8)15-4-5-16-10-12-7-13-14-10/h1-3,6-7H,4-5,11H2,(H,12,13,14). The van der Waals surface area contributed by atoms with Crippen molar-refractivity contribution in [2.45, 2.75) is 5.16 Å². The highest BCUT2D eigenvalue weighted by Crippen LogP contribution is 2.15. The number of nitrogens with zero attached hydrogens (tertiary/aromatic N) is 2. The number of benzene rings is 1. The molecular weight excluding hydrogens is 224 g/mol. The molecule has 1 aromatic carbocycles. The maximum Gasteiger partial charge on any atom is 0.183 e. The van der Waals surface area contributed by atoms with Crippen LogP contribution in [0.25, 0.3) is 0 Å². The van der Waals surface area contributed by atoms with Crippen molar-refractivity contribution in [3.05, 3.63) is 30.6 Å². The Kier molecular flexibility index (Phi) is 3.66. The summed E-state index contributed by atoms with van der Waals surface area (Å²) in [6, 6.07) is 7.39. The lowest BCUT2D eigenvalue weighted by Crippen LogP contribution is -2.00. The first kappa shape index (κ1) is 10.8. The maximum atomic E-state index is 5.63. The van der Waals surface area contributed by atoms with Crippen LogP contribution in [0, 0.1) is 0 Å². The van der Waals surface area contributed by atoms with E-state index in [-0.39, 0.29) is 0 Å². The van der Waals surface area contributed by atoms with E-state index in [1.165, 1.54) is 6.33 Å². The highest BCUT2D eigenvalue weighted by Gasteiger charge is 1.97. The van der Waals surface area contributed by atoms with Gasteiger partial charge in [0.15, 0.2) is 5.16 Å². The van der Waals surface area contributed by atoms with Crippen LogP contribution in [0.1, 0.15) is 0 Å². The summed E-state index contributed by atoms with van der Waals surface area (Å²) in [4.78, 5) is 4.00. The van der Waals surface area contributed by atoms with Crippen LogP contribution in [0.4, 0.5) is 5.69 Å². The highest BCUT2D eigenvalue weighted by atomic mass is 32.2. The number of H-pyrrole nitrogens is 1. The van der Waals surface area contributed by atoms with Gasteiger partial charge in [0.25, 0.3) is 0 Å². The Morgan fingerprint density at radius 1 is 1.44 bits per heavy atom. The third-order valence-corrected chi connectivity index (χ3v) is 2.68. The van der Waals surface area contributed by atoms with Crippen molar-refractivity contribution < 1.29 is 4.74 Å². The molecule has 0 saturated heterocycles. The molecule has 16 heavy (non-hydrogen) atoms. The summed E-state index contributed by atoms with van der Waals surface area (Å²) >= 11 is 1.57. The van der Waals surface area contributed by atoms with Crippen molar-refractivity contribution in [3.63, 3.8) is 0 Å². The predicted molar refractivity (Wildman–Crippen MR) is 63.5 cm³/mol. The number of nitrogens with two attached hydrogens (primary N) is 1. The molecule has 0 radical (unpaired) electrons. The first-order valence-corrected chi connectivity index (χ1v) is 5.79. The molecule has 0 unspecified atom stereocenters. The molecule has 2 rings (SSSR count). The van der Waals surface area contributed by atoms with Crippen molar-refractivity contribution in [2.75, 3.05) is 18.1 Å². The Labute approximate surface area is 97.4 Å². The average molecular weight is 236 g/mol. The van der Waals surface area contributed by atoms with E-state index in [0.717, 1.165) is 16.7 Å². The van der Waals surface area contributed by atoms with Gasteiger partial charge in [-0.25, -0.2) is 4.98 Å². The Bertz CT molecular complexity index is 432. The zero-order valence-corrected chi connectivity index (χ0v) is 9.41. The molecule has 3 N–H and O–H groups in total. The number of thioether (sulfide) groups is 1. The van der Waals surface area contributed by atoms with Crippen molar-refractivity contribution in [1.82, 2.24) is 15.2 Å². The lowest BCUT2D eigenvalue weighted by atomic mass is 10.3. The van der Waals surface area contributed by atoms with Crippen LogP contribution in [-0.2, 0) is 0 Å². The van der Waals surface area contributed by atoms with Crippen molar-refractivity contribution in [3.8, 4) is 5.75 Å². The van der Waals surface area contributed by atoms with Gasteiger partial charge >= 0.3 is 0 Å². The van der Waals surface area contributed by atoms with Gasteiger partial charge in [0.1, 0.15) is 12.1 Å². The minimum Gasteiger partial charge on any atom is -0.493 e. The van der Waals surface area contributed by atoms with E-state index in [9.17, 15) is 0 Å². The molecule has 0 fully saturated rings. The molecule has 84 valence electrons. The fourth-order valence-corrected chi connectivity index (χ4v) is 1.76. The number of hydrogen-bond acceptors (Lipinski definition) is 5. The van der Waals surface area contributed by atoms with Gasteiger partial charge < -0.3 is 10.5 Å². The van der Waals surface area contributed by atoms with Crippen LogP contribution in [-0.4, -0.2) is 27.5 Å². The van der Waals surface area contributed by atoms with Gasteiger partial charge in [0, 0.05) is 17.5 Å². The summed E-state index contributed by atoms with van der Waals surface area (Å²) in [6.07, 6.45) is 1.49. The summed E-state index contributed by atoms with van der Waals surface area (Å²) in [5.41, 5.74) is 6.34. The van der Waals surface area contributed by atoms with E-state index in [1.807, 2.05) is 18.2 Å². The zero-order chi connectivity index (χ0) is 11.2. The topological polar surface area (TPSA) is 76.8 Å². The number of anilines is 1. The monoisotopic (exact) mass is 236 g/mol. The fraction of sp³-hybridized carbons (Fsp3) is 0.200. The minimum absolute atomic E-state index is 0.606. The van der Waals surface area contributed by atoms with E-state index in [0.29, 0.717) is 12.3 Å². The second kappa shape index (κ2) is 5.41. The summed E-state index contributed by atoms with van der Waals surface area (Å²) < 4.78 is 5.52. The first-order valence-electron chi connectivity index (χ1n) is 4.81. The average Bonchev–Trinajstić information content (AvgIpc) is 2.77. The summed E-state index contributed by atoms with van der Waals surface area (Å²) in [7, 11) is 0. The van der Waals surface area contributed by atoms with Crippen molar-refractivity contribution in [2.24, 2.45) is 0 Å². The SMILES string of the molecule is Nc1cccc(OCCSc2ncn[nH]2)c1. The Morgan fingerprint density at radius 3 is 3.12 bits per heavy atom. The predicted octanol–water partition coefficient (Wildman–Crippen LogP) is 1.56. The van der Waals surface area contributed by atoms with Gasteiger partial charge in [-0.1, -0.05) is 17.8 Å². The fourth-order valence-electron chi connectivity index (χ4n) is 1.17. The van der Waals surface area contributed by atoms with Crippen LogP contribution < -0.4 is 10.5 Å². The minimum atomic E-state index is 0.606. The number of aromatic nitrogens is 3. The van der Waals surface area contributed by atoms with Gasteiger partial charge in [-0.15, -0.1) is 0 Å². The number of nitrogen functional groups attached to an aromatic ring is 1. The molecule has 1 heterocycles. The Morgan fingerprint density at radius 2 is 2.38 bits per heavy atom. The van der Waals surface area contributed by atoms with Crippen molar-refractivity contribution in [1.29, 1.82) is 0 Å². The molecule has 1 aromatic heterocycles. The lowest BCUT2D eigenvalue weighted by molar-refractivity contribution is 0.344. The number of aromatic amines is 1. The van der Waals surface area contributed by atoms with E-state index in [2.05, 4.69) is 15.2 Å². The quantitative estimate of drug-likeness (QED) is 0.468. The molecule has 0 atom stereocenters. The molecule has 2 aromatic rings. The Balaban J connectivity index is 1.72. The van der Waals surface area contributed by atoms with Crippen LogP contribution in [0.3, 0.4) is 0 Å². The van der Waals surface area contributed by atoms with E-state index in [1.54, 1.807) is 17.8 Å². The third kappa shape index (κ3) is 3.16. The van der Waals surface area contributed by atoms with Crippen molar-refractivity contribution >= 4 is 17.4 Å². The lowest BCUT2D eigenvalue weighted by Gasteiger charge is -2.05. The van der Waals surface area contributed by atoms with Crippen LogP contribution in [0.2, 0.25) is 0 Å². The number of ether oxygens (including phenoxy) is 1. The van der Waals surface area contributed by atoms with Gasteiger partial charge in [-0.3, -0.25) is 5.10 Å². The molecule has 5 nitrogen and oxygen atoms in total. The van der Waals surface area contributed by atoms with Crippen LogP contribution in [0.5, 0.6) is 5.75 Å². The number of hydrogen-bond donors (Lipinski definition) is 2. The summed E-state index contributed by atoms with van der Waals surface area (Å²) in [5.74, 6) is 1.60. The van der Waals surface area contributed by atoms with Gasteiger partial charge in [-0.05, 0) is 12.1 Å². The highest BCUT2D eigenvalue weighted by molar-refractivity contribution is 7.99. The van der Waals surface area contributed by atoms with Gasteiger partial charge in [0.2, 0.25) is 0 Å². The van der Waals surface area contributed by atoms with E-state index < -0.39 is 0 Å². The van der Waals surface area contributed by atoms with Crippen LogP contribution in [0.15, 0.2) is 35.7 Å². The summed E-state index contributed by atoms with van der Waals surface area (Å²) in [5, 5.41) is 7.33.